The summed E-state index contributed by atoms with van der Waals surface area (Å²) in [6.45, 7) is 7.53. The molecule has 688 valence electrons. The monoisotopic (exact) mass is 1830 g/mol. The Balaban J connectivity index is 0.943. The number of aliphatic hydroxyl groups excluding tert-OH is 6. The van der Waals surface area contributed by atoms with Gasteiger partial charge in [-0.3, -0.25) is 43.7 Å². The van der Waals surface area contributed by atoms with Crippen LogP contribution in [-0.4, -0.2) is 199 Å². The van der Waals surface area contributed by atoms with Gasteiger partial charge < -0.3 is 111 Å². The number of carbonyl (C=O) groups is 9. The van der Waals surface area contributed by atoms with E-state index >= 15 is 28.8 Å². The number of fused-ring (bicyclic) bond motifs is 15. The van der Waals surface area contributed by atoms with Crippen molar-refractivity contribution in [2.45, 2.75) is 215 Å². The van der Waals surface area contributed by atoms with Gasteiger partial charge in [0, 0.05) is 72.7 Å². The Morgan fingerprint density at radius 3 is 1.95 bits per heavy atom. The number of phenols is 3. The smallest absolute Gasteiger partial charge is 0.325 e. The number of sulfone groups is 1. The SMILES string of the molecule is CC[C@H](CC(C)C)C(=O)N[C@H]1C(=O)C[C@@H](CC(=O)NC(=O)Nc2ccc(OCCCS(C)(=O)=O)cc2)C(=O)N[C@H]2C(=O)C[C@H]3C(=O)N[C@H](C(=O)N[C@H](C(=O)CC4C5CC6CC(C5)CC4C6)c4cc(O)cc(O)c4-c4cc3ccc4O)[C@H](O)c3ccc(c(Cl)c3)Oc3cc2cc(c3O[C@@H]2O[C@H](CO)[C@@H](O)[C@H](O)[C@H]2O[C@H]2C[C@](C)(N)[C@H](O)[C@H](C)O2)Oc2ccc(cc2Cl)[C@H]1O. The van der Waals surface area contributed by atoms with E-state index < -0.39 is 243 Å². The van der Waals surface area contributed by atoms with Crippen LogP contribution < -0.4 is 56.6 Å². The van der Waals surface area contributed by atoms with Gasteiger partial charge in [-0.2, -0.15) is 0 Å². The van der Waals surface area contributed by atoms with Crippen molar-refractivity contribution >= 4 is 91.6 Å². The van der Waals surface area contributed by atoms with Gasteiger partial charge in [-0.15, -0.1) is 0 Å². The van der Waals surface area contributed by atoms with Crippen molar-refractivity contribution in [1.82, 2.24) is 26.6 Å². The van der Waals surface area contributed by atoms with Crippen LogP contribution >= 0.6 is 23.2 Å². The fraction of sp³-hybridized carbons (Fsp3) is 0.505. The second-order valence-electron chi connectivity index (χ2n) is 35.9. The molecule has 17 rings (SSSR count). The van der Waals surface area contributed by atoms with Crippen molar-refractivity contribution in [3.05, 3.63) is 141 Å². The highest BCUT2D eigenvalue weighted by molar-refractivity contribution is 7.90. The van der Waals surface area contributed by atoms with Crippen LogP contribution in [0.3, 0.4) is 0 Å². The maximum absolute atomic E-state index is 16.8. The molecule has 0 aromatic heterocycles. The quantitative estimate of drug-likeness (QED) is 0.0302. The molecular formula is C91H107Cl2N7O27S. The van der Waals surface area contributed by atoms with Crippen molar-refractivity contribution in [1.29, 1.82) is 0 Å². The average Bonchev–Trinajstić information content (AvgIpc) is 0.759. The molecule has 7 heterocycles. The first-order valence-electron chi connectivity index (χ1n) is 42.9. The van der Waals surface area contributed by atoms with Crippen molar-refractivity contribution < 1.29 is 131 Å². The number of Topliss-reactive ketones (excluding diaryl/α,β-unsaturated/α-hetero) is 3. The number of rotatable bonds is 21. The number of hydrogen-bond donors (Lipinski definition) is 16. The molecule has 2 saturated heterocycles. The number of phenolic OH excluding ortho intramolecular Hbond substituents is 3. The van der Waals surface area contributed by atoms with Gasteiger partial charge in [0.05, 0.1) is 53.1 Å². The predicted octanol–water partition coefficient (Wildman–Crippen LogP) is 8.14. The van der Waals surface area contributed by atoms with Crippen LogP contribution in [0.15, 0.2) is 103 Å². The molecule has 128 heavy (non-hydrogen) atoms. The number of halogens is 2. The molecule has 15 bridgehead atoms. The Morgan fingerprint density at radius 1 is 0.703 bits per heavy atom. The van der Waals surface area contributed by atoms with Gasteiger partial charge >= 0.3 is 6.03 Å². The van der Waals surface area contributed by atoms with Gasteiger partial charge in [-0.05, 0) is 207 Å². The second-order valence-corrected chi connectivity index (χ2v) is 39.0. The number of carbonyl (C=O) groups excluding carboxylic acids is 9. The number of anilines is 1. The minimum atomic E-state index is -3.29. The van der Waals surface area contributed by atoms with Crippen LogP contribution in [0.2, 0.25) is 10.0 Å². The molecule has 0 unspecified atom stereocenters. The number of ketones is 3. The van der Waals surface area contributed by atoms with Gasteiger partial charge in [0.2, 0.25) is 41.6 Å². The normalized spacial score (nSPS) is 30.2. The van der Waals surface area contributed by atoms with E-state index in [4.69, 9.17) is 62.1 Å². The predicted molar refractivity (Wildman–Crippen MR) is 460 cm³/mol. The van der Waals surface area contributed by atoms with E-state index in [1.54, 1.807) is 6.92 Å². The molecular weight excluding hydrogens is 1730 g/mol. The van der Waals surface area contributed by atoms with Crippen LogP contribution in [0.4, 0.5) is 10.5 Å². The number of hydrogen-bond acceptors (Lipinski definition) is 28. The van der Waals surface area contributed by atoms with Gasteiger partial charge in [0.1, 0.15) is 99.0 Å². The minimum Gasteiger partial charge on any atom is -0.508 e. The lowest BCUT2D eigenvalue weighted by atomic mass is 9.51. The maximum Gasteiger partial charge on any atom is 0.325 e. The Bertz CT molecular complexity index is 5340. The zero-order valence-electron chi connectivity index (χ0n) is 71.0. The molecule has 0 radical (unpaired) electrons. The Labute approximate surface area is 747 Å². The summed E-state index contributed by atoms with van der Waals surface area (Å²) in [6, 6.07) is 11.3. The maximum atomic E-state index is 16.8. The van der Waals surface area contributed by atoms with Crippen LogP contribution in [0.1, 0.15) is 176 Å². The molecule has 11 aliphatic rings. The van der Waals surface area contributed by atoms with Crippen LogP contribution in [0, 0.1) is 47.3 Å². The molecule has 6 aromatic rings. The lowest BCUT2D eigenvalue weighted by molar-refractivity contribution is -0.333. The Morgan fingerprint density at radius 2 is 1.34 bits per heavy atom. The third-order valence-corrected chi connectivity index (χ3v) is 27.4. The lowest BCUT2D eigenvalue weighted by Gasteiger charge is -2.54. The third-order valence-electron chi connectivity index (χ3n) is 25.8. The third kappa shape index (κ3) is 21.0. The summed E-state index contributed by atoms with van der Waals surface area (Å²) in [7, 11) is -3.29. The number of urea groups is 1. The lowest BCUT2D eigenvalue weighted by Crippen LogP contribution is -2.64. The molecule has 4 saturated carbocycles. The zero-order valence-corrected chi connectivity index (χ0v) is 73.4. The second kappa shape index (κ2) is 38.9. The zero-order chi connectivity index (χ0) is 92.0. The molecule has 18 atom stereocenters. The molecule has 4 aliphatic carbocycles. The van der Waals surface area contributed by atoms with E-state index in [1.165, 1.54) is 80.6 Å². The molecule has 6 fully saturated rings. The standard InChI is InChI=1S/C91H107Cl2N7O27S/c1-7-44(21-40(2)3)85(114)99-76-63(105)30-51(33-71(108)96-90(118)95-52-12-14-54(15-13-52)121-19-8-20-128(6,119)120)86(115)97-74-50-31-68(123-66-17-10-46(78(76)109)28-59(66)92)82(127-89-83(81(112)80(111)70(39-101)125-89)126-72-38-91(5,94)84(113)41(4)122-72)69(32-50)124-67-18-11-47(29-60(67)93)79(110)77-88(117)98-75(65(107)36-55-48-23-42-22-43(25-48)26-49(55)24-42)58-34-53(102)35-62(104)73(58)57-27-45(9-16-61(57)103)56(37-64(74)106)87(116)100-77/h9-18,27-29,31-32,34-35,40-44,48-49,51,55-56,70,72,74-81,83-84,89,101-104,109-113H,7-8,19-26,30,33,36-39,94H2,1-6H3,(H,97,115)(H,98,117)(H,99,114)(H,100,116)(H2,95,96,108,118)/t41-,42?,43?,44+,48?,49?,51-,55?,56+,70+,72-,74+,75-,76-,77-,78+,79+,80+,81-,83+,84+,89-,91-/m0/s1. The number of aromatic hydroxyl groups is 3. The summed E-state index contributed by atoms with van der Waals surface area (Å²) < 4.78 is 68.4. The number of nitrogens with one attached hydrogen (secondary N) is 6. The number of benzene rings is 6. The van der Waals surface area contributed by atoms with E-state index in [1.807, 2.05) is 13.8 Å². The van der Waals surface area contributed by atoms with E-state index in [-0.39, 0.29) is 123 Å². The molecule has 37 heteroatoms. The summed E-state index contributed by atoms with van der Waals surface area (Å²) in [5, 5.41) is 122. The summed E-state index contributed by atoms with van der Waals surface area (Å²) >= 11 is 14.6. The molecule has 17 N–H and O–H groups in total. The number of nitrogens with two attached hydrogens (primary N) is 1. The highest BCUT2D eigenvalue weighted by Gasteiger charge is 2.53. The van der Waals surface area contributed by atoms with Crippen LogP contribution in [-0.2, 0) is 62.4 Å². The summed E-state index contributed by atoms with van der Waals surface area (Å²) in [5.41, 5.74) is 3.49. The van der Waals surface area contributed by atoms with Gasteiger partial charge in [-0.25, -0.2) is 13.2 Å². The molecule has 7 amide bonds. The summed E-state index contributed by atoms with van der Waals surface area (Å²) in [6.07, 6.45) is -14.8. The molecule has 6 aromatic carbocycles. The van der Waals surface area contributed by atoms with E-state index in [0.29, 0.717) is 18.3 Å². The largest absolute Gasteiger partial charge is 0.508 e. The first-order valence-corrected chi connectivity index (χ1v) is 45.8. The first-order chi connectivity index (χ1) is 60.7. The average molecular weight is 1830 g/mol. The number of aliphatic hydroxyl groups is 6. The van der Waals surface area contributed by atoms with Crippen LogP contribution in [0.5, 0.6) is 51.7 Å². The van der Waals surface area contributed by atoms with Crippen molar-refractivity contribution in [2.24, 2.45) is 53.1 Å². The fourth-order valence-corrected chi connectivity index (χ4v) is 20.6. The van der Waals surface area contributed by atoms with Gasteiger partial charge in [0.15, 0.2) is 41.2 Å². The summed E-state index contributed by atoms with van der Waals surface area (Å²) in [5.74, 6) is -16.6. The van der Waals surface area contributed by atoms with Crippen molar-refractivity contribution in [3.8, 4) is 62.9 Å². The molecule has 7 aliphatic heterocycles. The van der Waals surface area contributed by atoms with E-state index in [2.05, 4.69) is 31.9 Å². The van der Waals surface area contributed by atoms with Crippen LogP contribution in [0.25, 0.3) is 11.1 Å². The van der Waals surface area contributed by atoms with E-state index in [0.717, 1.165) is 74.8 Å². The topological polar surface area (TPSA) is 533 Å². The summed E-state index contributed by atoms with van der Waals surface area (Å²) in [4.78, 5) is 140. The van der Waals surface area contributed by atoms with Crippen molar-refractivity contribution in [3.63, 3.8) is 0 Å². The number of ether oxygens (including phenoxy) is 7. The number of imide groups is 1. The van der Waals surface area contributed by atoms with Gasteiger partial charge in [-0.1, -0.05) is 62.2 Å². The molecule has 0 spiro atoms. The van der Waals surface area contributed by atoms with E-state index in [9.17, 15) is 68.8 Å². The highest BCUT2D eigenvalue weighted by atomic mass is 35.5. The minimum absolute atomic E-state index is 0.0256. The Hall–Kier alpha value is -10.1. The Kier molecular flexibility index (Phi) is 28.6. The molecule has 34 nitrogen and oxygen atoms in total. The van der Waals surface area contributed by atoms with Gasteiger partial charge in [0.25, 0.3) is 0 Å². The number of amides is 7. The first kappa shape index (κ1) is 94.0. The van der Waals surface area contributed by atoms with Crippen molar-refractivity contribution in [2.75, 3.05) is 30.5 Å². The highest BCUT2D eigenvalue weighted by Crippen LogP contribution is 2.59. The fourth-order valence-electron chi connectivity index (χ4n) is 19.5.